The van der Waals surface area contributed by atoms with Crippen LogP contribution in [0.2, 0.25) is 0 Å². The Kier molecular flexibility index (Phi) is 4.82. The summed E-state index contributed by atoms with van der Waals surface area (Å²) in [5, 5.41) is 2.88. The number of halogens is 1. The third-order valence-electron chi connectivity index (χ3n) is 2.20. The standard InChI is InChI=1S/C12H16BrNO/c1-3-4-5-12(15)14-10-6-7-11(13)9(2)8-10/h6-8H,3-5H2,1-2H3,(H,14,15). The lowest BCUT2D eigenvalue weighted by Gasteiger charge is -2.06. The summed E-state index contributed by atoms with van der Waals surface area (Å²) in [5.74, 6) is 0.0959. The average molecular weight is 270 g/mol. The molecule has 1 aromatic rings. The zero-order chi connectivity index (χ0) is 11.3. The van der Waals surface area contributed by atoms with Crippen molar-refractivity contribution < 1.29 is 4.79 Å². The Labute approximate surface area is 99.2 Å². The van der Waals surface area contributed by atoms with Crippen molar-refractivity contribution in [2.45, 2.75) is 33.1 Å². The number of carbonyl (C=O) groups is 1. The van der Waals surface area contributed by atoms with Crippen LogP contribution in [0.15, 0.2) is 22.7 Å². The first kappa shape index (κ1) is 12.2. The van der Waals surface area contributed by atoms with Gasteiger partial charge in [-0.3, -0.25) is 4.79 Å². The first-order chi connectivity index (χ1) is 7.13. The zero-order valence-electron chi connectivity index (χ0n) is 9.14. The van der Waals surface area contributed by atoms with Gasteiger partial charge >= 0.3 is 0 Å². The van der Waals surface area contributed by atoms with Gasteiger partial charge in [0.1, 0.15) is 0 Å². The fraction of sp³-hybridized carbons (Fsp3) is 0.417. The maximum absolute atomic E-state index is 11.4. The van der Waals surface area contributed by atoms with E-state index in [4.69, 9.17) is 0 Å². The van der Waals surface area contributed by atoms with Crippen LogP contribution >= 0.6 is 15.9 Å². The molecule has 0 aliphatic heterocycles. The largest absolute Gasteiger partial charge is 0.326 e. The Morgan fingerprint density at radius 3 is 2.80 bits per heavy atom. The number of amides is 1. The van der Waals surface area contributed by atoms with E-state index in [0.29, 0.717) is 6.42 Å². The molecular weight excluding hydrogens is 254 g/mol. The molecule has 0 fully saturated rings. The van der Waals surface area contributed by atoms with Gasteiger partial charge in [-0.1, -0.05) is 29.3 Å². The zero-order valence-corrected chi connectivity index (χ0v) is 10.7. The van der Waals surface area contributed by atoms with Gasteiger partial charge < -0.3 is 5.32 Å². The molecule has 3 heteroatoms. The monoisotopic (exact) mass is 269 g/mol. The molecule has 0 bridgehead atoms. The third-order valence-corrected chi connectivity index (χ3v) is 3.09. The van der Waals surface area contributed by atoms with E-state index in [1.165, 1.54) is 0 Å². The van der Waals surface area contributed by atoms with E-state index in [9.17, 15) is 4.79 Å². The Bertz CT molecular complexity index is 349. The molecule has 1 N–H and O–H groups in total. The van der Waals surface area contributed by atoms with Gasteiger partial charge in [-0.05, 0) is 37.1 Å². The van der Waals surface area contributed by atoms with Gasteiger partial charge in [0.25, 0.3) is 0 Å². The minimum atomic E-state index is 0.0959. The van der Waals surface area contributed by atoms with Crippen LogP contribution in [-0.4, -0.2) is 5.91 Å². The number of carbonyl (C=O) groups excluding carboxylic acids is 1. The molecule has 0 aromatic heterocycles. The molecule has 0 atom stereocenters. The van der Waals surface area contributed by atoms with Gasteiger partial charge in [-0.2, -0.15) is 0 Å². The first-order valence-electron chi connectivity index (χ1n) is 5.19. The molecular formula is C12H16BrNO. The molecule has 0 radical (unpaired) electrons. The van der Waals surface area contributed by atoms with Crippen LogP contribution in [0, 0.1) is 6.92 Å². The van der Waals surface area contributed by atoms with Gasteiger partial charge in [-0.25, -0.2) is 0 Å². The average Bonchev–Trinajstić information content (AvgIpc) is 2.20. The molecule has 0 spiro atoms. The van der Waals surface area contributed by atoms with Crippen molar-refractivity contribution in [3.8, 4) is 0 Å². The van der Waals surface area contributed by atoms with Crippen LogP contribution in [0.25, 0.3) is 0 Å². The summed E-state index contributed by atoms with van der Waals surface area (Å²) in [5.41, 5.74) is 2.00. The summed E-state index contributed by atoms with van der Waals surface area (Å²) in [6, 6.07) is 5.82. The number of unbranched alkanes of at least 4 members (excludes halogenated alkanes) is 1. The molecule has 82 valence electrons. The van der Waals surface area contributed by atoms with E-state index in [1.54, 1.807) is 0 Å². The van der Waals surface area contributed by atoms with E-state index in [0.717, 1.165) is 28.6 Å². The van der Waals surface area contributed by atoms with Gasteiger partial charge in [-0.15, -0.1) is 0 Å². The van der Waals surface area contributed by atoms with Crippen molar-refractivity contribution in [2.75, 3.05) is 5.32 Å². The molecule has 0 unspecified atom stereocenters. The molecule has 1 amide bonds. The fourth-order valence-corrected chi connectivity index (χ4v) is 1.53. The van der Waals surface area contributed by atoms with E-state index in [-0.39, 0.29) is 5.91 Å². The topological polar surface area (TPSA) is 29.1 Å². The van der Waals surface area contributed by atoms with Crippen molar-refractivity contribution in [1.82, 2.24) is 0 Å². The molecule has 0 aliphatic rings. The van der Waals surface area contributed by atoms with Crippen LogP contribution in [0.5, 0.6) is 0 Å². The van der Waals surface area contributed by atoms with Crippen LogP contribution in [0.4, 0.5) is 5.69 Å². The summed E-state index contributed by atoms with van der Waals surface area (Å²) in [4.78, 5) is 11.4. The second kappa shape index (κ2) is 5.91. The van der Waals surface area contributed by atoms with E-state index in [2.05, 4.69) is 28.2 Å². The third kappa shape index (κ3) is 4.04. The maximum atomic E-state index is 11.4. The summed E-state index contributed by atoms with van der Waals surface area (Å²) in [7, 11) is 0. The van der Waals surface area contributed by atoms with Gasteiger partial charge in [0.15, 0.2) is 0 Å². The van der Waals surface area contributed by atoms with Crippen molar-refractivity contribution in [2.24, 2.45) is 0 Å². The van der Waals surface area contributed by atoms with Gasteiger partial charge in [0.2, 0.25) is 5.91 Å². The second-order valence-corrected chi connectivity index (χ2v) is 4.47. The molecule has 2 nitrogen and oxygen atoms in total. The van der Waals surface area contributed by atoms with E-state index in [1.807, 2.05) is 25.1 Å². The number of nitrogens with one attached hydrogen (secondary N) is 1. The highest BCUT2D eigenvalue weighted by molar-refractivity contribution is 9.10. The number of benzene rings is 1. The van der Waals surface area contributed by atoms with Crippen molar-refractivity contribution in [1.29, 1.82) is 0 Å². The summed E-state index contributed by atoms with van der Waals surface area (Å²) in [6.45, 7) is 4.09. The lowest BCUT2D eigenvalue weighted by molar-refractivity contribution is -0.116. The molecule has 0 heterocycles. The Morgan fingerprint density at radius 2 is 2.20 bits per heavy atom. The predicted molar refractivity (Wildman–Crippen MR) is 67.0 cm³/mol. The van der Waals surface area contributed by atoms with Crippen LogP contribution in [0.3, 0.4) is 0 Å². The normalized spacial score (nSPS) is 10.1. The van der Waals surface area contributed by atoms with Crippen molar-refractivity contribution in [3.63, 3.8) is 0 Å². The Morgan fingerprint density at radius 1 is 1.47 bits per heavy atom. The van der Waals surface area contributed by atoms with Gasteiger partial charge in [0.05, 0.1) is 0 Å². The van der Waals surface area contributed by atoms with Crippen molar-refractivity contribution in [3.05, 3.63) is 28.2 Å². The minimum Gasteiger partial charge on any atom is -0.326 e. The first-order valence-corrected chi connectivity index (χ1v) is 5.98. The Hall–Kier alpha value is -0.830. The molecule has 0 saturated heterocycles. The quantitative estimate of drug-likeness (QED) is 0.883. The van der Waals surface area contributed by atoms with Crippen LogP contribution in [-0.2, 0) is 4.79 Å². The number of rotatable bonds is 4. The summed E-state index contributed by atoms with van der Waals surface area (Å²) >= 11 is 3.42. The minimum absolute atomic E-state index is 0.0959. The SMILES string of the molecule is CCCCC(=O)Nc1ccc(Br)c(C)c1. The molecule has 1 aromatic carbocycles. The highest BCUT2D eigenvalue weighted by atomic mass is 79.9. The highest BCUT2D eigenvalue weighted by Gasteiger charge is 2.02. The molecule has 1 rings (SSSR count). The molecule has 0 saturated carbocycles. The van der Waals surface area contributed by atoms with Gasteiger partial charge in [0, 0.05) is 16.6 Å². The van der Waals surface area contributed by atoms with E-state index < -0.39 is 0 Å². The van der Waals surface area contributed by atoms with Crippen molar-refractivity contribution >= 4 is 27.5 Å². The molecule has 15 heavy (non-hydrogen) atoms. The fourth-order valence-electron chi connectivity index (χ4n) is 1.28. The van der Waals surface area contributed by atoms with Crippen LogP contribution < -0.4 is 5.32 Å². The lowest BCUT2D eigenvalue weighted by atomic mass is 10.2. The maximum Gasteiger partial charge on any atom is 0.224 e. The second-order valence-electron chi connectivity index (χ2n) is 3.62. The summed E-state index contributed by atoms with van der Waals surface area (Å²) in [6.07, 6.45) is 2.60. The predicted octanol–water partition coefficient (Wildman–Crippen LogP) is 3.89. The highest BCUT2D eigenvalue weighted by Crippen LogP contribution is 2.20. The van der Waals surface area contributed by atoms with E-state index >= 15 is 0 Å². The number of hydrogen-bond acceptors (Lipinski definition) is 1. The van der Waals surface area contributed by atoms with Crippen LogP contribution in [0.1, 0.15) is 31.7 Å². The molecule has 0 aliphatic carbocycles. The smallest absolute Gasteiger partial charge is 0.224 e. The number of aryl methyl sites for hydroxylation is 1. The lowest BCUT2D eigenvalue weighted by Crippen LogP contribution is -2.10. The Balaban J connectivity index is 2.57. The number of hydrogen-bond donors (Lipinski definition) is 1. The number of anilines is 1. The summed E-state index contributed by atoms with van der Waals surface area (Å²) < 4.78 is 1.06.